The van der Waals surface area contributed by atoms with E-state index in [1.54, 1.807) is 0 Å². The van der Waals surface area contributed by atoms with E-state index in [4.69, 9.17) is 11.6 Å². The number of nitro benzene ring substituents is 1. The number of amides is 1. The largest absolute Gasteiger partial charge is 0.281 e. The number of non-ortho nitro benzene ring substituents is 1. The minimum absolute atomic E-state index is 0.0846. The van der Waals surface area contributed by atoms with Gasteiger partial charge in [0.15, 0.2) is 0 Å². The van der Waals surface area contributed by atoms with Crippen LogP contribution in [0.2, 0.25) is 5.02 Å². The molecule has 1 aliphatic carbocycles. The highest BCUT2D eigenvalue weighted by Gasteiger charge is 2.21. The summed E-state index contributed by atoms with van der Waals surface area (Å²) in [6.45, 7) is 2.20. The van der Waals surface area contributed by atoms with Crippen molar-refractivity contribution in [3.63, 3.8) is 0 Å². The average Bonchev–Trinajstić information content (AvgIpc) is 3.06. The predicted molar refractivity (Wildman–Crippen MR) is 103 cm³/mol. The molecule has 0 bridgehead atoms. The molecule has 0 saturated carbocycles. The van der Waals surface area contributed by atoms with E-state index in [0.29, 0.717) is 21.4 Å². The number of nitrogens with zero attached hydrogens (tertiary/aromatic N) is 2. The summed E-state index contributed by atoms with van der Waals surface area (Å²) in [7, 11) is 0. The minimum atomic E-state index is -0.508. The van der Waals surface area contributed by atoms with E-state index in [2.05, 4.69) is 17.5 Å². The summed E-state index contributed by atoms with van der Waals surface area (Å²) in [5.41, 5.74) is 4.03. The molecule has 0 unspecified atom stereocenters. The monoisotopic (exact) mass is 391 g/mol. The molecule has 1 atom stereocenters. The maximum absolute atomic E-state index is 12.3. The summed E-state index contributed by atoms with van der Waals surface area (Å²) in [6, 6.07) is 6.01. The van der Waals surface area contributed by atoms with Gasteiger partial charge in [0.05, 0.1) is 16.0 Å². The zero-order valence-corrected chi connectivity index (χ0v) is 15.8. The molecule has 0 radical (unpaired) electrons. The summed E-state index contributed by atoms with van der Waals surface area (Å²) in [5.74, 6) is 0.414. The first kappa shape index (κ1) is 18.5. The highest BCUT2D eigenvalue weighted by Crippen LogP contribution is 2.33. The van der Waals surface area contributed by atoms with Gasteiger partial charge in [0, 0.05) is 27.6 Å². The molecule has 1 heterocycles. The van der Waals surface area contributed by atoms with Gasteiger partial charge < -0.3 is 0 Å². The van der Waals surface area contributed by atoms with E-state index >= 15 is 0 Å². The zero-order valence-electron chi connectivity index (χ0n) is 14.2. The number of nitro groups is 1. The molecule has 1 amide bonds. The van der Waals surface area contributed by atoms with Gasteiger partial charge in [-0.15, -0.1) is 11.3 Å². The molecule has 1 aromatic heterocycles. The number of carbonyl (C=O) groups is 1. The average molecular weight is 392 g/mol. The third-order valence-electron chi connectivity index (χ3n) is 4.55. The van der Waals surface area contributed by atoms with Crippen LogP contribution in [0.15, 0.2) is 29.4 Å². The Morgan fingerprint density at radius 3 is 3.04 bits per heavy atom. The van der Waals surface area contributed by atoms with Crippen LogP contribution < -0.4 is 5.43 Å². The zero-order chi connectivity index (χ0) is 18.7. The van der Waals surface area contributed by atoms with E-state index in [9.17, 15) is 14.9 Å². The first-order valence-corrected chi connectivity index (χ1v) is 9.56. The fourth-order valence-electron chi connectivity index (χ4n) is 3.02. The number of halogens is 1. The molecular formula is C18H18ClN3O3S. The SMILES string of the molecule is CC[C@@H]1CCc2sc(C(=O)N/N=C\c3cc([N+](=O)[O-])ccc3Cl)cc2C1. The van der Waals surface area contributed by atoms with E-state index in [0.717, 1.165) is 19.3 Å². The predicted octanol–water partition coefficient (Wildman–Crippen LogP) is 4.59. The first-order valence-electron chi connectivity index (χ1n) is 8.36. The third-order valence-corrected chi connectivity index (χ3v) is 6.13. The fraction of sp³-hybridized carbons (Fsp3) is 0.333. The Labute approximate surface area is 160 Å². The number of carbonyl (C=O) groups excluding carboxylic acids is 1. The van der Waals surface area contributed by atoms with Crippen molar-refractivity contribution in [2.75, 3.05) is 0 Å². The molecule has 1 N–H and O–H groups in total. The lowest BCUT2D eigenvalue weighted by molar-refractivity contribution is -0.384. The van der Waals surface area contributed by atoms with Crippen LogP contribution in [0.5, 0.6) is 0 Å². The Hall–Kier alpha value is -2.25. The van der Waals surface area contributed by atoms with Crippen LogP contribution in [0.1, 0.15) is 45.4 Å². The van der Waals surface area contributed by atoms with Crippen molar-refractivity contribution in [3.05, 3.63) is 60.3 Å². The molecule has 6 nitrogen and oxygen atoms in total. The molecule has 3 rings (SSSR count). The number of fused-ring (bicyclic) bond motifs is 1. The van der Waals surface area contributed by atoms with Crippen LogP contribution in [-0.2, 0) is 12.8 Å². The molecule has 26 heavy (non-hydrogen) atoms. The van der Waals surface area contributed by atoms with Crippen LogP contribution in [0.4, 0.5) is 5.69 Å². The molecule has 0 saturated heterocycles. The maximum atomic E-state index is 12.3. The van der Waals surface area contributed by atoms with Crippen molar-refractivity contribution in [1.29, 1.82) is 0 Å². The number of benzene rings is 1. The summed E-state index contributed by atoms with van der Waals surface area (Å²) in [5, 5.41) is 15.0. The number of rotatable bonds is 5. The minimum Gasteiger partial charge on any atom is -0.266 e. The van der Waals surface area contributed by atoms with Crippen molar-refractivity contribution in [3.8, 4) is 0 Å². The Kier molecular flexibility index (Phi) is 5.68. The van der Waals surface area contributed by atoms with Crippen molar-refractivity contribution in [2.24, 2.45) is 11.0 Å². The van der Waals surface area contributed by atoms with Crippen LogP contribution in [0, 0.1) is 16.0 Å². The van der Waals surface area contributed by atoms with E-state index in [1.807, 2.05) is 6.07 Å². The third kappa shape index (κ3) is 4.11. The van der Waals surface area contributed by atoms with E-state index < -0.39 is 4.92 Å². The molecule has 1 aliphatic rings. The normalized spacial score (nSPS) is 16.5. The maximum Gasteiger partial charge on any atom is 0.281 e. The molecule has 8 heteroatoms. The lowest BCUT2D eigenvalue weighted by Gasteiger charge is -2.19. The summed E-state index contributed by atoms with van der Waals surface area (Å²) in [4.78, 5) is 24.5. The number of hydrazone groups is 1. The number of aryl methyl sites for hydroxylation is 1. The van der Waals surface area contributed by atoms with Crippen LogP contribution in [-0.4, -0.2) is 17.0 Å². The van der Waals surface area contributed by atoms with Gasteiger partial charge in [-0.3, -0.25) is 14.9 Å². The molecule has 136 valence electrons. The van der Waals surface area contributed by atoms with Gasteiger partial charge in [0.25, 0.3) is 11.6 Å². The molecule has 0 aliphatic heterocycles. The summed E-state index contributed by atoms with van der Waals surface area (Å²) < 4.78 is 0. The number of nitrogens with one attached hydrogen (secondary N) is 1. The molecular weight excluding hydrogens is 374 g/mol. The lowest BCUT2D eigenvalue weighted by atomic mass is 9.87. The Morgan fingerprint density at radius 1 is 1.50 bits per heavy atom. The van der Waals surface area contributed by atoms with Gasteiger partial charge in [-0.05, 0) is 42.9 Å². The van der Waals surface area contributed by atoms with E-state index in [1.165, 1.54) is 52.6 Å². The second-order valence-electron chi connectivity index (χ2n) is 6.24. The standard InChI is InChI=1S/C18H18ClN3O3S/c1-2-11-3-6-16-12(7-11)9-17(26-16)18(23)21-20-10-13-8-14(22(24)25)4-5-15(13)19/h4-5,8-11H,2-3,6-7H2,1H3,(H,21,23)/b20-10-/t11-/m1/s1. The van der Waals surface area contributed by atoms with Gasteiger partial charge >= 0.3 is 0 Å². The summed E-state index contributed by atoms with van der Waals surface area (Å²) >= 11 is 7.52. The second-order valence-corrected chi connectivity index (χ2v) is 7.78. The highest BCUT2D eigenvalue weighted by molar-refractivity contribution is 7.14. The Bertz CT molecular complexity index is 879. The lowest BCUT2D eigenvalue weighted by Crippen LogP contribution is -2.16. The van der Waals surface area contributed by atoms with Crippen molar-refractivity contribution in [2.45, 2.75) is 32.6 Å². The number of hydrogen-bond acceptors (Lipinski definition) is 5. The van der Waals surface area contributed by atoms with Gasteiger partial charge in [-0.2, -0.15) is 5.10 Å². The van der Waals surface area contributed by atoms with Crippen molar-refractivity contribution >= 4 is 40.7 Å². The van der Waals surface area contributed by atoms with E-state index in [-0.39, 0.29) is 11.6 Å². The number of thiophene rings is 1. The van der Waals surface area contributed by atoms with Gasteiger partial charge in [0.1, 0.15) is 0 Å². The smallest absolute Gasteiger partial charge is 0.266 e. The van der Waals surface area contributed by atoms with Crippen molar-refractivity contribution in [1.82, 2.24) is 5.43 Å². The number of hydrogen-bond donors (Lipinski definition) is 1. The van der Waals surface area contributed by atoms with Crippen LogP contribution >= 0.6 is 22.9 Å². The topological polar surface area (TPSA) is 84.6 Å². The van der Waals surface area contributed by atoms with Crippen molar-refractivity contribution < 1.29 is 9.72 Å². The van der Waals surface area contributed by atoms with Crippen LogP contribution in [0.3, 0.4) is 0 Å². The quantitative estimate of drug-likeness (QED) is 0.459. The second kappa shape index (κ2) is 7.97. The molecule has 2 aromatic rings. The summed E-state index contributed by atoms with van der Waals surface area (Å²) in [6.07, 6.45) is 5.70. The Balaban J connectivity index is 1.68. The first-order chi connectivity index (χ1) is 12.5. The highest BCUT2D eigenvalue weighted by atomic mass is 35.5. The van der Waals surface area contributed by atoms with Crippen LogP contribution in [0.25, 0.3) is 0 Å². The molecule has 0 spiro atoms. The van der Waals surface area contributed by atoms with Gasteiger partial charge in [-0.1, -0.05) is 24.9 Å². The van der Waals surface area contributed by atoms with Gasteiger partial charge in [0.2, 0.25) is 0 Å². The fourth-order valence-corrected chi connectivity index (χ4v) is 4.28. The molecule has 0 fully saturated rings. The van der Waals surface area contributed by atoms with Gasteiger partial charge in [-0.25, -0.2) is 5.43 Å². The Morgan fingerprint density at radius 2 is 2.31 bits per heavy atom. The molecule has 1 aromatic carbocycles.